The van der Waals surface area contributed by atoms with Crippen LogP contribution in [0.3, 0.4) is 0 Å². The maximum Gasteiger partial charge on any atom is 0.418 e. The minimum Gasteiger partial charge on any atom is -0.345 e. The summed E-state index contributed by atoms with van der Waals surface area (Å²) in [6.07, 6.45) is 1.79. The Morgan fingerprint density at radius 3 is 2.67 bits per heavy atom. The van der Waals surface area contributed by atoms with E-state index in [-0.39, 0.29) is 5.69 Å². The van der Waals surface area contributed by atoms with Gasteiger partial charge in [0.2, 0.25) is 0 Å². The van der Waals surface area contributed by atoms with Crippen molar-refractivity contribution in [2.75, 3.05) is 11.4 Å². The summed E-state index contributed by atoms with van der Waals surface area (Å²) in [5.41, 5.74) is 1.84. The van der Waals surface area contributed by atoms with E-state index in [1.807, 2.05) is 35.2 Å². The number of fused-ring (bicyclic) bond motifs is 3. The summed E-state index contributed by atoms with van der Waals surface area (Å²) < 4.78 is 41.7. The number of alkyl halides is 3. The van der Waals surface area contributed by atoms with Crippen LogP contribution < -0.4 is 4.90 Å². The number of anilines is 1. The topological polar surface area (TPSA) is 16.1 Å². The Hall–Kier alpha value is -2.56. The fourth-order valence-corrected chi connectivity index (χ4v) is 4.49. The maximum atomic E-state index is 13.9. The molecule has 138 valence electrons. The zero-order valence-electron chi connectivity index (χ0n) is 14.8. The van der Waals surface area contributed by atoms with Gasteiger partial charge in [-0.1, -0.05) is 24.3 Å². The van der Waals surface area contributed by atoms with Crippen molar-refractivity contribution in [1.82, 2.24) is 4.98 Å². The molecule has 5 heteroatoms. The predicted octanol–water partition coefficient (Wildman–Crippen LogP) is 6.30. The van der Waals surface area contributed by atoms with E-state index in [9.17, 15) is 13.2 Å². The summed E-state index contributed by atoms with van der Waals surface area (Å²) in [7, 11) is 0. The molecule has 0 N–H and O–H groups in total. The molecule has 1 atom stereocenters. The molecule has 0 radical (unpaired) electrons. The lowest BCUT2D eigenvalue weighted by Gasteiger charge is -2.28. The third-order valence-electron chi connectivity index (χ3n) is 5.77. The van der Waals surface area contributed by atoms with E-state index >= 15 is 0 Å². The first kappa shape index (κ1) is 16.6. The second-order valence-electron chi connectivity index (χ2n) is 7.44. The third kappa shape index (κ3) is 2.76. The van der Waals surface area contributed by atoms with Crippen LogP contribution in [-0.2, 0) is 6.18 Å². The highest BCUT2D eigenvalue weighted by atomic mass is 19.4. The number of allylic oxidation sites excluding steroid dienone is 2. The molecule has 2 heterocycles. The second-order valence-corrected chi connectivity index (χ2v) is 7.44. The Kier molecular flexibility index (Phi) is 3.67. The van der Waals surface area contributed by atoms with Crippen molar-refractivity contribution in [3.8, 4) is 0 Å². The van der Waals surface area contributed by atoms with Gasteiger partial charge < -0.3 is 4.90 Å². The summed E-state index contributed by atoms with van der Waals surface area (Å²) in [5.74, 6) is 0.394. The van der Waals surface area contributed by atoms with Crippen molar-refractivity contribution in [2.24, 2.45) is 5.92 Å². The second kappa shape index (κ2) is 5.98. The summed E-state index contributed by atoms with van der Waals surface area (Å²) in [5, 5.41) is 1.68. The number of aromatic nitrogens is 1. The molecule has 5 rings (SSSR count). The molecular weight excluding hydrogens is 349 g/mol. The fourth-order valence-electron chi connectivity index (χ4n) is 4.49. The zero-order chi connectivity index (χ0) is 18.6. The van der Waals surface area contributed by atoms with Gasteiger partial charge in [-0.2, -0.15) is 13.2 Å². The van der Waals surface area contributed by atoms with Crippen molar-refractivity contribution >= 4 is 27.5 Å². The molecule has 1 fully saturated rings. The lowest BCUT2D eigenvalue weighted by atomic mass is 9.92. The van der Waals surface area contributed by atoms with E-state index in [1.54, 1.807) is 6.07 Å². The van der Waals surface area contributed by atoms with Gasteiger partial charge >= 0.3 is 6.18 Å². The maximum absolute atomic E-state index is 13.9. The molecule has 0 saturated carbocycles. The van der Waals surface area contributed by atoms with Crippen LogP contribution in [0.5, 0.6) is 0 Å². The number of hydrogen-bond donors (Lipinski definition) is 0. The molecule has 0 amide bonds. The normalized spacial score (nSPS) is 20.2. The summed E-state index contributed by atoms with van der Waals surface area (Å²) in [6, 6.07) is 12.4. The third-order valence-corrected chi connectivity index (χ3v) is 5.77. The Labute approximate surface area is 155 Å². The van der Waals surface area contributed by atoms with Crippen LogP contribution in [0.2, 0.25) is 0 Å². The van der Waals surface area contributed by atoms with Crippen LogP contribution in [0.25, 0.3) is 21.8 Å². The Morgan fingerprint density at radius 2 is 1.81 bits per heavy atom. The quantitative estimate of drug-likeness (QED) is 0.469. The fraction of sp³-hybridized carbons (Fsp3) is 0.318. The molecule has 27 heavy (non-hydrogen) atoms. The van der Waals surface area contributed by atoms with Crippen molar-refractivity contribution in [3.05, 3.63) is 59.8 Å². The molecule has 0 bridgehead atoms. The summed E-state index contributed by atoms with van der Waals surface area (Å²) in [4.78, 5) is 6.36. The predicted molar refractivity (Wildman–Crippen MR) is 102 cm³/mol. The minimum absolute atomic E-state index is 0.266. The van der Waals surface area contributed by atoms with Gasteiger partial charge in [0.05, 0.1) is 22.3 Å². The molecule has 1 aliphatic heterocycles. The van der Waals surface area contributed by atoms with Crippen molar-refractivity contribution < 1.29 is 13.2 Å². The molecule has 2 aromatic carbocycles. The standard InChI is InChI=1S/C22H19F3N2/c23-22(24,25)17-13-19-16(11-15-6-1-3-7-18(15)26-19)12-21(17)27-10-9-14-5-2-4-8-20(14)27/h1,3,6-8,11-14H,2,4-5,9-10H2. The molecule has 1 aromatic heterocycles. The van der Waals surface area contributed by atoms with Crippen LogP contribution in [0, 0.1) is 5.92 Å². The number of para-hydroxylation sites is 1. The van der Waals surface area contributed by atoms with Gasteiger partial charge in [-0.3, -0.25) is 0 Å². The molecular formula is C22H19F3N2. The summed E-state index contributed by atoms with van der Waals surface area (Å²) >= 11 is 0. The van der Waals surface area contributed by atoms with Gasteiger partial charge in [0.25, 0.3) is 0 Å². The molecule has 1 aliphatic carbocycles. The van der Waals surface area contributed by atoms with E-state index in [0.717, 1.165) is 42.2 Å². The number of rotatable bonds is 1. The van der Waals surface area contributed by atoms with E-state index < -0.39 is 11.7 Å². The number of hydrogen-bond acceptors (Lipinski definition) is 2. The van der Waals surface area contributed by atoms with Crippen LogP contribution >= 0.6 is 0 Å². The molecule has 2 nitrogen and oxygen atoms in total. The Morgan fingerprint density at radius 1 is 0.963 bits per heavy atom. The molecule has 1 saturated heterocycles. The first-order chi connectivity index (χ1) is 13.0. The van der Waals surface area contributed by atoms with E-state index in [0.29, 0.717) is 23.5 Å². The van der Waals surface area contributed by atoms with E-state index in [2.05, 4.69) is 11.1 Å². The van der Waals surface area contributed by atoms with Gasteiger partial charge in [-0.25, -0.2) is 4.98 Å². The monoisotopic (exact) mass is 368 g/mol. The van der Waals surface area contributed by atoms with Crippen LogP contribution in [0.1, 0.15) is 31.2 Å². The SMILES string of the molecule is FC(F)(F)c1cc2nc3ccccc3cc2cc1N1CCC2CCCC=C21. The lowest BCUT2D eigenvalue weighted by Crippen LogP contribution is -2.23. The minimum atomic E-state index is -4.41. The number of benzene rings is 2. The Balaban J connectivity index is 1.74. The van der Waals surface area contributed by atoms with Crippen molar-refractivity contribution in [3.63, 3.8) is 0 Å². The highest BCUT2D eigenvalue weighted by molar-refractivity contribution is 5.95. The van der Waals surface area contributed by atoms with E-state index in [1.165, 1.54) is 6.07 Å². The van der Waals surface area contributed by atoms with Crippen LogP contribution in [0.4, 0.5) is 18.9 Å². The van der Waals surface area contributed by atoms with Gasteiger partial charge in [-0.05, 0) is 49.9 Å². The van der Waals surface area contributed by atoms with Gasteiger partial charge in [-0.15, -0.1) is 0 Å². The highest BCUT2D eigenvalue weighted by Crippen LogP contribution is 2.45. The average molecular weight is 368 g/mol. The number of pyridine rings is 1. The highest BCUT2D eigenvalue weighted by Gasteiger charge is 2.39. The van der Waals surface area contributed by atoms with Crippen molar-refractivity contribution in [1.29, 1.82) is 0 Å². The van der Waals surface area contributed by atoms with Crippen LogP contribution in [0.15, 0.2) is 54.2 Å². The summed E-state index contributed by atoms with van der Waals surface area (Å²) in [6.45, 7) is 0.645. The largest absolute Gasteiger partial charge is 0.418 e. The Bertz CT molecular complexity index is 1070. The lowest BCUT2D eigenvalue weighted by molar-refractivity contribution is -0.137. The van der Waals surface area contributed by atoms with Crippen LogP contribution in [-0.4, -0.2) is 11.5 Å². The first-order valence-electron chi connectivity index (χ1n) is 9.39. The van der Waals surface area contributed by atoms with Gasteiger partial charge in [0.1, 0.15) is 0 Å². The number of nitrogens with zero attached hydrogens (tertiary/aromatic N) is 2. The smallest absolute Gasteiger partial charge is 0.345 e. The molecule has 3 aromatic rings. The number of halogens is 3. The average Bonchev–Trinajstić information content (AvgIpc) is 3.08. The zero-order valence-corrected chi connectivity index (χ0v) is 14.8. The molecule has 0 spiro atoms. The van der Waals surface area contributed by atoms with Gasteiger partial charge in [0, 0.05) is 28.9 Å². The molecule has 2 aliphatic rings. The van der Waals surface area contributed by atoms with E-state index in [4.69, 9.17) is 0 Å². The molecule has 1 unspecified atom stereocenters. The first-order valence-corrected chi connectivity index (χ1v) is 9.39. The van der Waals surface area contributed by atoms with Gasteiger partial charge in [0.15, 0.2) is 0 Å². The van der Waals surface area contributed by atoms with Crippen molar-refractivity contribution in [2.45, 2.75) is 31.9 Å².